The second-order valence-corrected chi connectivity index (χ2v) is 4.28. The Morgan fingerprint density at radius 3 is 2.53 bits per heavy atom. The molecule has 0 unspecified atom stereocenters. The lowest BCUT2D eigenvalue weighted by atomic mass is 10.1. The Kier molecular flexibility index (Phi) is 5.01. The maximum atomic E-state index is 10.9. The fraction of sp³-hybridized carbons (Fsp3) is 0.500. The SMILES string of the molecule is CCC(CC)COc1cc(C(=O)O)ccc1C. The second-order valence-electron chi connectivity index (χ2n) is 4.28. The topological polar surface area (TPSA) is 46.5 Å². The van der Waals surface area contributed by atoms with E-state index >= 15 is 0 Å². The summed E-state index contributed by atoms with van der Waals surface area (Å²) in [6.45, 7) is 6.85. The number of ether oxygens (including phenoxy) is 1. The van der Waals surface area contributed by atoms with E-state index in [1.54, 1.807) is 18.2 Å². The van der Waals surface area contributed by atoms with Gasteiger partial charge in [-0.05, 0) is 30.5 Å². The van der Waals surface area contributed by atoms with Crippen LogP contribution in [0.5, 0.6) is 5.75 Å². The zero-order valence-electron chi connectivity index (χ0n) is 10.7. The zero-order chi connectivity index (χ0) is 12.8. The van der Waals surface area contributed by atoms with Gasteiger partial charge in [-0.1, -0.05) is 32.8 Å². The van der Waals surface area contributed by atoms with Crippen molar-refractivity contribution in [1.82, 2.24) is 0 Å². The van der Waals surface area contributed by atoms with Crippen molar-refractivity contribution in [3.05, 3.63) is 29.3 Å². The van der Waals surface area contributed by atoms with Gasteiger partial charge in [0.1, 0.15) is 5.75 Å². The first-order valence-electron chi connectivity index (χ1n) is 6.05. The summed E-state index contributed by atoms with van der Waals surface area (Å²) in [4.78, 5) is 10.9. The van der Waals surface area contributed by atoms with Crippen LogP contribution in [0, 0.1) is 12.8 Å². The molecule has 0 aromatic heterocycles. The maximum Gasteiger partial charge on any atom is 0.335 e. The minimum atomic E-state index is -0.919. The molecule has 1 aromatic carbocycles. The molecular formula is C14H20O3. The van der Waals surface area contributed by atoms with E-state index in [2.05, 4.69) is 13.8 Å². The van der Waals surface area contributed by atoms with Crippen molar-refractivity contribution in [2.75, 3.05) is 6.61 Å². The standard InChI is InChI=1S/C14H20O3/c1-4-11(5-2)9-17-13-8-12(14(15)16)7-6-10(13)3/h6-8,11H,4-5,9H2,1-3H3,(H,15,16). The number of carboxylic acids is 1. The normalized spacial score (nSPS) is 10.6. The average molecular weight is 236 g/mol. The van der Waals surface area contributed by atoms with Crippen molar-refractivity contribution in [2.45, 2.75) is 33.6 Å². The van der Waals surface area contributed by atoms with Gasteiger partial charge in [0.2, 0.25) is 0 Å². The van der Waals surface area contributed by atoms with Crippen molar-refractivity contribution >= 4 is 5.97 Å². The molecule has 1 N–H and O–H groups in total. The summed E-state index contributed by atoms with van der Waals surface area (Å²) < 4.78 is 5.71. The van der Waals surface area contributed by atoms with Crippen LogP contribution >= 0.6 is 0 Å². The molecule has 3 heteroatoms. The van der Waals surface area contributed by atoms with Crippen molar-refractivity contribution in [3.8, 4) is 5.75 Å². The molecule has 0 saturated carbocycles. The first-order chi connectivity index (χ1) is 8.08. The number of carboxylic acid groups (broad SMARTS) is 1. The highest BCUT2D eigenvalue weighted by atomic mass is 16.5. The lowest BCUT2D eigenvalue weighted by Crippen LogP contribution is -2.11. The van der Waals surface area contributed by atoms with Gasteiger partial charge in [-0.3, -0.25) is 0 Å². The van der Waals surface area contributed by atoms with E-state index in [4.69, 9.17) is 9.84 Å². The number of rotatable bonds is 6. The predicted octanol–water partition coefficient (Wildman–Crippen LogP) is 3.51. The number of hydrogen-bond donors (Lipinski definition) is 1. The first-order valence-corrected chi connectivity index (χ1v) is 6.05. The van der Waals surface area contributed by atoms with Crippen LogP contribution in [0.2, 0.25) is 0 Å². The van der Waals surface area contributed by atoms with E-state index in [-0.39, 0.29) is 5.56 Å². The van der Waals surface area contributed by atoms with Crippen LogP contribution in [0.3, 0.4) is 0 Å². The lowest BCUT2D eigenvalue weighted by Gasteiger charge is -2.15. The summed E-state index contributed by atoms with van der Waals surface area (Å²) in [5.74, 6) is 0.289. The van der Waals surface area contributed by atoms with E-state index in [1.807, 2.05) is 6.92 Å². The Hall–Kier alpha value is -1.51. The average Bonchev–Trinajstić information content (AvgIpc) is 2.32. The zero-order valence-corrected chi connectivity index (χ0v) is 10.7. The van der Waals surface area contributed by atoms with E-state index < -0.39 is 5.97 Å². The van der Waals surface area contributed by atoms with Crippen molar-refractivity contribution in [3.63, 3.8) is 0 Å². The number of aryl methyl sites for hydroxylation is 1. The fourth-order valence-corrected chi connectivity index (χ4v) is 1.62. The lowest BCUT2D eigenvalue weighted by molar-refractivity contribution is 0.0696. The van der Waals surface area contributed by atoms with Crippen molar-refractivity contribution in [1.29, 1.82) is 0 Å². The number of carbonyl (C=O) groups is 1. The molecule has 0 aliphatic carbocycles. The molecule has 1 rings (SSSR count). The molecule has 0 bridgehead atoms. The fourth-order valence-electron chi connectivity index (χ4n) is 1.62. The molecule has 0 heterocycles. The predicted molar refractivity (Wildman–Crippen MR) is 67.7 cm³/mol. The number of hydrogen-bond acceptors (Lipinski definition) is 2. The van der Waals surface area contributed by atoms with Gasteiger partial charge < -0.3 is 9.84 Å². The smallest absolute Gasteiger partial charge is 0.335 e. The van der Waals surface area contributed by atoms with Gasteiger partial charge in [-0.15, -0.1) is 0 Å². The van der Waals surface area contributed by atoms with Crippen LogP contribution in [-0.2, 0) is 0 Å². The Bertz CT molecular complexity index is 381. The van der Waals surface area contributed by atoms with Gasteiger partial charge in [0.05, 0.1) is 12.2 Å². The Morgan fingerprint density at radius 2 is 2.00 bits per heavy atom. The van der Waals surface area contributed by atoms with Crippen LogP contribution in [0.15, 0.2) is 18.2 Å². The Labute approximate surface area is 102 Å². The van der Waals surface area contributed by atoms with Crippen LogP contribution in [0.4, 0.5) is 0 Å². The van der Waals surface area contributed by atoms with Crippen molar-refractivity contribution in [2.24, 2.45) is 5.92 Å². The van der Waals surface area contributed by atoms with Crippen LogP contribution in [-0.4, -0.2) is 17.7 Å². The molecule has 0 aliphatic rings. The van der Waals surface area contributed by atoms with E-state index in [0.717, 1.165) is 18.4 Å². The second kappa shape index (κ2) is 6.28. The Morgan fingerprint density at radius 1 is 1.35 bits per heavy atom. The third-order valence-corrected chi connectivity index (χ3v) is 3.06. The maximum absolute atomic E-state index is 10.9. The molecule has 3 nitrogen and oxygen atoms in total. The summed E-state index contributed by atoms with van der Waals surface area (Å²) in [5.41, 5.74) is 1.25. The highest BCUT2D eigenvalue weighted by Gasteiger charge is 2.09. The number of aromatic carboxylic acids is 1. The quantitative estimate of drug-likeness (QED) is 0.822. The third kappa shape index (κ3) is 3.77. The van der Waals surface area contributed by atoms with E-state index in [1.165, 1.54) is 0 Å². The van der Waals surface area contributed by atoms with Gasteiger partial charge >= 0.3 is 5.97 Å². The highest BCUT2D eigenvalue weighted by molar-refractivity contribution is 5.88. The third-order valence-electron chi connectivity index (χ3n) is 3.06. The monoisotopic (exact) mass is 236 g/mol. The van der Waals surface area contributed by atoms with Crippen LogP contribution < -0.4 is 4.74 Å². The molecule has 0 aliphatic heterocycles. The first kappa shape index (κ1) is 13.6. The molecule has 0 saturated heterocycles. The molecule has 1 aromatic rings. The molecule has 0 fully saturated rings. The molecule has 0 atom stereocenters. The van der Waals surface area contributed by atoms with Gasteiger partial charge in [-0.25, -0.2) is 4.79 Å². The largest absolute Gasteiger partial charge is 0.493 e. The Balaban J connectivity index is 2.75. The summed E-state index contributed by atoms with van der Waals surface area (Å²) in [6, 6.07) is 4.98. The van der Waals surface area contributed by atoms with Gasteiger partial charge in [-0.2, -0.15) is 0 Å². The number of benzene rings is 1. The highest BCUT2D eigenvalue weighted by Crippen LogP contribution is 2.21. The molecule has 0 spiro atoms. The van der Waals surface area contributed by atoms with Crippen LogP contribution in [0.25, 0.3) is 0 Å². The van der Waals surface area contributed by atoms with Gasteiger partial charge in [0, 0.05) is 0 Å². The van der Waals surface area contributed by atoms with Gasteiger partial charge in [0.15, 0.2) is 0 Å². The minimum Gasteiger partial charge on any atom is -0.493 e. The van der Waals surface area contributed by atoms with E-state index in [9.17, 15) is 4.79 Å². The molecular weight excluding hydrogens is 216 g/mol. The van der Waals surface area contributed by atoms with E-state index in [0.29, 0.717) is 18.3 Å². The van der Waals surface area contributed by atoms with Crippen LogP contribution in [0.1, 0.15) is 42.6 Å². The summed E-state index contributed by atoms with van der Waals surface area (Å²) in [6.07, 6.45) is 2.16. The summed E-state index contributed by atoms with van der Waals surface area (Å²) in [7, 11) is 0. The van der Waals surface area contributed by atoms with Gasteiger partial charge in [0.25, 0.3) is 0 Å². The summed E-state index contributed by atoms with van der Waals surface area (Å²) in [5, 5.41) is 8.91. The van der Waals surface area contributed by atoms with Crippen molar-refractivity contribution < 1.29 is 14.6 Å². The summed E-state index contributed by atoms with van der Waals surface area (Å²) >= 11 is 0. The molecule has 0 radical (unpaired) electrons. The molecule has 17 heavy (non-hydrogen) atoms. The molecule has 94 valence electrons. The minimum absolute atomic E-state index is 0.273. The molecule has 0 amide bonds.